The van der Waals surface area contributed by atoms with Crippen molar-refractivity contribution in [3.05, 3.63) is 35.4 Å². The number of nitrogens with zero attached hydrogens (tertiary/aromatic N) is 2. The summed E-state index contributed by atoms with van der Waals surface area (Å²) in [6.45, 7) is 8.38. The summed E-state index contributed by atoms with van der Waals surface area (Å²) in [4.78, 5) is 5.27. The van der Waals surface area contributed by atoms with E-state index in [0.29, 0.717) is 0 Å². The third kappa shape index (κ3) is 3.81. The lowest BCUT2D eigenvalue weighted by Crippen LogP contribution is -2.46. The van der Waals surface area contributed by atoms with Gasteiger partial charge in [0.15, 0.2) is 0 Å². The molecule has 0 aromatic heterocycles. The molecule has 0 radical (unpaired) electrons. The maximum Gasteiger partial charge on any atom is 0.0238 e. The summed E-state index contributed by atoms with van der Waals surface area (Å²) in [5, 5.41) is 3.27. The third-order valence-electron chi connectivity index (χ3n) is 4.56. The average Bonchev–Trinajstić information content (AvgIpc) is 3.27. The second-order valence-corrected chi connectivity index (χ2v) is 6.32. The molecule has 0 amide bonds. The van der Waals surface area contributed by atoms with Gasteiger partial charge in [0.2, 0.25) is 0 Å². The van der Waals surface area contributed by atoms with E-state index in [1.807, 2.05) is 7.05 Å². The van der Waals surface area contributed by atoms with Gasteiger partial charge in [-0.2, -0.15) is 0 Å². The summed E-state index contributed by atoms with van der Waals surface area (Å²) >= 11 is 0. The molecule has 0 unspecified atom stereocenters. The molecule has 110 valence electrons. The Kier molecular flexibility index (Phi) is 4.71. The Morgan fingerprint density at radius 3 is 2.30 bits per heavy atom. The summed E-state index contributed by atoms with van der Waals surface area (Å²) in [7, 11) is 2.02. The molecule has 0 bridgehead atoms. The lowest BCUT2D eigenvalue weighted by atomic mass is 10.1. The van der Waals surface area contributed by atoms with Crippen molar-refractivity contribution in [2.75, 3.05) is 39.8 Å². The molecule has 0 atom stereocenters. The van der Waals surface area contributed by atoms with Crippen molar-refractivity contribution in [1.29, 1.82) is 0 Å². The van der Waals surface area contributed by atoms with Crippen LogP contribution in [-0.2, 0) is 13.1 Å². The van der Waals surface area contributed by atoms with Gasteiger partial charge in [0.1, 0.15) is 0 Å². The van der Waals surface area contributed by atoms with Crippen LogP contribution in [0.1, 0.15) is 24.0 Å². The van der Waals surface area contributed by atoms with Crippen LogP contribution in [0.15, 0.2) is 24.3 Å². The highest BCUT2D eigenvalue weighted by molar-refractivity contribution is 5.27. The molecule has 3 rings (SSSR count). The highest BCUT2D eigenvalue weighted by atomic mass is 15.3. The summed E-state index contributed by atoms with van der Waals surface area (Å²) in [6, 6.07) is 8.83. The topological polar surface area (TPSA) is 18.5 Å². The first-order valence-electron chi connectivity index (χ1n) is 8.01. The fourth-order valence-corrected chi connectivity index (χ4v) is 3.11. The van der Waals surface area contributed by atoms with Gasteiger partial charge in [-0.25, -0.2) is 0 Å². The molecule has 3 heteroatoms. The van der Waals surface area contributed by atoms with E-state index in [4.69, 9.17) is 0 Å². The van der Waals surface area contributed by atoms with Gasteiger partial charge in [-0.15, -0.1) is 0 Å². The summed E-state index contributed by atoms with van der Waals surface area (Å²) in [5.74, 6) is 1.03. The lowest BCUT2D eigenvalue weighted by Gasteiger charge is -2.35. The summed E-state index contributed by atoms with van der Waals surface area (Å²) < 4.78 is 0. The van der Waals surface area contributed by atoms with Crippen LogP contribution in [0.25, 0.3) is 0 Å². The van der Waals surface area contributed by atoms with Gasteiger partial charge in [-0.1, -0.05) is 24.3 Å². The number of benzene rings is 1. The number of rotatable bonds is 6. The second kappa shape index (κ2) is 6.70. The molecule has 2 fully saturated rings. The van der Waals surface area contributed by atoms with Crippen LogP contribution in [0.2, 0.25) is 0 Å². The quantitative estimate of drug-likeness (QED) is 0.854. The molecule has 1 aliphatic heterocycles. The Balaban J connectivity index is 1.51. The number of hydrogen-bond donors (Lipinski definition) is 1. The number of nitrogens with one attached hydrogen (secondary N) is 1. The van der Waals surface area contributed by atoms with E-state index in [1.54, 1.807) is 0 Å². The predicted molar refractivity (Wildman–Crippen MR) is 83.6 cm³/mol. The van der Waals surface area contributed by atoms with Crippen LogP contribution >= 0.6 is 0 Å². The van der Waals surface area contributed by atoms with Gasteiger partial charge in [0, 0.05) is 45.8 Å². The monoisotopic (exact) mass is 273 g/mol. The number of piperazine rings is 1. The highest BCUT2D eigenvalue weighted by Gasteiger charge is 2.26. The second-order valence-electron chi connectivity index (χ2n) is 6.32. The molecule has 3 nitrogen and oxygen atoms in total. The van der Waals surface area contributed by atoms with Crippen molar-refractivity contribution in [1.82, 2.24) is 15.1 Å². The van der Waals surface area contributed by atoms with Gasteiger partial charge in [-0.05, 0) is 36.9 Å². The molecule has 0 spiro atoms. The molecule has 1 aliphatic carbocycles. The van der Waals surface area contributed by atoms with Gasteiger partial charge in [0.25, 0.3) is 0 Å². The largest absolute Gasteiger partial charge is 0.316 e. The Morgan fingerprint density at radius 1 is 1.00 bits per heavy atom. The molecule has 1 heterocycles. The standard InChI is InChI=1S/C17H27N3/c1-18-12-16-4-2-3-5-17(16)14-20-10-8-19(9-11-20)13-15-6-7-15/h2-5,15,18H,6-14H2,1H3. The Hall–Kier alpha value is -0.900. The first-order valence-corrected chi connectivity index (χ1v) is 8.01. The minimum Gasteiger partial charge on any atom is -0.316 e. The fourth-order valence-electron chi connectivity index (χ4n) is 3.11. The predicted octanol–water partition coefficient (Wildman–Crippen LogP) is 1.93. The zero-order chi connectivity index (χ0) is 13.8. The molecular weight excluding hydrogens is 246 g/mol. The molecular formula is C17H27N3. The molecule has 1 N–H and O–H groups in total. The minimum atomic E-state index is 0.970. The minimum absolute atomic E-state index is 0.970. The van der Waals surface area contributed by atoms with Crippen molar-refractivity contribution in [3.8, 4) is 0 Å². The van der Waals surface area contributed by atoms with Crippen molar-refractivity contribution in [2.24, 2.45) is 5.92 Å². The van der Waals surface area contributed by atoms with Gasteiger partial charge >= 0.3 is 0 Å². The van der Waals surface area contributed by atoms with Crippen molar-refractivity contribution in [3.63, 3.8) is 0 Å². The van der Waals surface area contributed by atoms with E-state index in [-0.39, 0.29) is 0 Å². The van der Waals surface area contributed by atoms with Crippen LogP contribution in [0.3, 0.4) is 0 Å². The molecule has 1 saturated heterocycles. The van der Waals surface area contributed by atoms with E-state index in [2.05, 4.69) is 39.4 Å². The first kappa shape index (κ1) is 14.1. The molecule has 1 aromatic rings. The van der Waals surface area contributed by atoms with E-state index >= 15 is 0 Å². The van der Waals surface area contributed by atoms with Crippen molar-refractivity contribution < 1.29 is 0 Å². The molecule has 20 heavy (non-hydrogen) atoms. The van der Waals surface area contributed by atoms with E-state index in [9.17, 15) is 0 Å². The highest BCUT2D eigenvalue weighted by Crippen LogP contribution is 2.30. The molecule has 2 aliphatic rings. The Morgan fingerprint density at radius 2 is 1.65 bits per heavy atom. The van der Waals surface area contributed by atoms with E-state index in [1.165, 1.54) is 56.7 Å². The van der Waals surface area contributed by atoms with Gasteiger partial charge in [-0.3, -0.25) is 4.90 Å². The Labute approximate surface area is 123 Å². The van der Waals surface area contributed by atoms with Gasteiger partial charge < -0.3 is 10.2 Å². The van der Waals surface area contributed by atoms with E-state index < -0.39 is 0 Å². The number of hydrogen-bond acceptors (Lipinski definition) is 3. The summed E-state index contributed by atoms with van der Waals surface area (Å²) in [5.41, 5.74) is 2.92. The first-order chi connectivity index (χ1) is 9.85. The van der Waals surface area contributed by atoms with Crippen LogP contribution < -0.4 is 5.32 Å². The van der Waals surface area contributed by atoms with Crippen LogP contribution in [0, 0.1) is 5.92 Å². The maximum absolute atomic E-state index is 3.27. The Bertz CT molecular complexity index is 420. The maximum atomic E-state index is 3.27. The fraction of sp³-hybridized carbons (Fsp3) is 0.647. The molecule has 1 aromatic carbocycles. The average molecular weight is 273 g/mol. The van der Waals surface area contributed by atoms with Gasteiger partial charge in [0.05, 0.1) is 0 Å². The van der Waals surface area contributed by atoms with E-state index in [0.717, 1.165) is 19.0 Å². The lowest BCUT2D eigenvalue weighted by molar-refractivity contribution is 0.123. The molecule has 1 saturated carbocycles. The SMILES string of the molecule is CNCc1ccccc1CN1CCN(CC2CC2)CC1. The van der Waals surface area contributed by atoms with Crippen molar-refractivity contribution in [2.45, 2.75) is 25.9 Å². The van der Waals surface area contributed by atoms with Crippen molar-refractivity contribution >= 4 is 0 Å². The zero-order valence-electron chi connectivity index (χ0n) is 12.6. The summed E-state index contributed by atoms with van der Waals surface area (Å²) in [6.07, 6.45) is 2.94. The third-order valence-corrected chi connectivity index (χ3v) is 4.56. The van der Waals surface area contributed by atoms with Crippen LogP contribution in [0.5, 0.6) is 0 Å². The smallest absolute Gasteiger partial charge is 0.0238 e. The van der Waals surface area contributed by atoms with Crippen LogP contribution in [-0.4, -0.2) is 49.6 Å². The zero-order valence-corrected chi connectivity index (χ0v) is 12.6. The van der Waals surface area contributed by atoms with Crippen LogP contribution in [0.4, 0.5) is 0 Å². The normalized spacial score (nSPS) is 21.2.